The first kappa shape index (κ1) is 14.3. The van der Waals surface area contributed by atoms with E-state index in [1.807, 2.05) is 18.2 Å². The summed E-state index contributed by atoms with van der Waals surface area (Å²) < 4.78 is 4.56. The number of hydrogen-bond donors (Lipinski definition) is 2. The Labute approximate surface area is 117 Å². The van der Waals surface area contributed by atoms with E-state index in [0.717, 1.165) is 17.5 Å². The van der Waals surface area contributed by atoms with Crippen molar-refractivity contribution in [3.8, 4) is 0 Å². The Hall–Kier alpha value is -2.08. The Balaban J connectivity index is 2.07. The molecule has 0 saturated heterocycles. The molecular weight excluding hydrogens is 260 g/mol. The predicted octanol–water partition coefficient (Wildman–Crippen LogP) is 0.985. The molecule has 0 radical (unpaired) electrons. The number of carboxylic acid groups (broad SMARTS) is 1. The number of rotatable bonds is 4. The van der Waals surface area contributed by atoms with Gasteiger partial charge in [0.1, 0.15) is 0 Å². The lowest BCUT2D eigenvalue weighted by molar-refractivity contribution is -0.139. The first-order valence-corrected chi connectivity index (χ1v) is 6.47. The van der Waals surface area contributed by atoms with Crippen molar-refractivity contribution in [1.82, 2.24) is 10.2 Å². The number of esters is 1. The number of fused-ring (bicyclic) bond motifs is 1. The largest absolute Gasteiger partial charge is 0.468 e. The van der Waals surface area contributed by atoms with Crippen molar-refractivity contribution in [2.75, 3.05) is 20.2 Å². The Kier molecular flexibility index (Phi) is 4.57. The molecule has 20 heavy (non-hydrogen) atoms. The zero-order chi connectivity index (χ0) is 14.5. The summed E-state index contributed by atoms with van der Waals surface area (Å²) in [6.07, 6.45) is -0.167. The van der Waals surface area contributed by atoms with Gasteiger partial charge in [-0.15, -0.1) is 0 Å². The Morgan fingerprint density at radius 2 is 2.25 bits per heavy atom. The van der Waals surface area contributed by atoms with Crippen molar-refractivity contribution in [3.05, 3.63) is 34.9 Å². The smallest absolute Gasteiger partial charge is 0.407 e. The van der Waals surface area contributed by atoms with Crippen molar-refractivity contribution in [1.29, 1.82) is 0 Å². The molecule has 0 saturated carbocycles. The van der Waals surface area contributed by atoms with Crippen LogP contribution in [0.1, 0.15) is 16.7 Å². The number of methoxy groups -OCH3 is 1. The molecule has 108 valence electrons. The molecule has 1 heterocycles. The molecule has 1 amide bonds. The maximum atomic E-state index is 11.1. The number of nitrogens with zero attached hydrogens (tertiary/aromatic N) is 1. The van der Waals surface area contributed by atoms with Crippen LogP contribution in [0.4, 0.5) is 4.79 Å². The fraction of sp³-hybridized carbons (Fsp3) is 0.429. The van der Waals surface area contributed by atoms with Gasteiger partial charge >= 0.3 is 12.1 Å². The zero-order valence-corrected chi connectivity index (χ0v) is 11.4. The minimum atomic E-state index is -0.895. The highest BCUT2D eigenvalue weighted by Gasteiger charge is 2.21. The standard InChI is InChI=1S/C14H18N2O4/c1-20-13(17)8-15-7-11-4-2-3-10-5-6-16(14(18)19)9-12(10)11/h2-4,15H,5-9H2,1H3,(H,18,19). The zero-order valence-electron chi connectivity index (χ0n) is 11.4. The summed E-state index contributed by atoms with van der Waals surface area (Å²) in [7, 11) is 1.35. The van der Waals surface area contributed by atoms with E-state index in [9.17, 15) is 9.59 Å². The summed E-state index contributed by atoms with van der Waals surface area (Å²) >= 11 is 0. The molecule has 2 rings (SSSR count). The topological polar surface area (TPSA) is 78.9 Å². The van der Waals surface area contributed by atoms with Gasteiger partial charge in [-0.05, 0) is 23.1 Å². The second-order valence-electron chi connectivity index (χ2n) is 4.69. The van der Waals surface area contributed by atoms with Gasteiger partial charge in [-0.25, -0.2) is 4.79 Å². The van der Waals surface area contributed by atoms with Crippen LogP contribution in [0.5, 0.6) is 0 Å². The molecule has 0 aromatic heterocycles. The maximum Gasteiger partial charge on any atom is 0.407 e. The van der Waals surface area contributed by atoms with Gasteiger partial charge in [-0.3, -0.25) is 4.79 Å². The highest BCUT2D eigenvalue weighted by molar-refractivity contribution is 5.71. The molecule has 2 N–H and O–H groups in total. The molecule has 1 aliphatic rings. The molecule has 1 aromatic rings. The average Bonchev–Trinajstić information content (AvgIpc) is 2.46. The first-order chi connectivity index (χ1) is 9.61. The van der Waals surface area contributed by atoms with E-state index in [4.69, 9.17) is 5.11 Å². The third kappa shape index (κ3) is 3.27. The SMILES string of the molecule is COC(=O)CNCc1cccc2c1CN(C(=O)O)CC2. The van der Waals surface area contributed by atoms with Gasteiger partial charge in [0.25, 0.3) is 0 Å². The van der Waals surface area contributed by atoms with Crippen molar-refractivity contribution < 1.29 is 19.4 Å². The van der Waals surface area contributed by atoms with E-state index >= 15 is 0 Å². The van der Waals surface area contributed by atoms with Gasteiger partial charge in [-0.1, -0.05) is 18.2 Å². The van der Waals surface area contributed by atoms with Crippen molar-refractivity contribution >= 4 is 12.1 Å². The first-order valence-electron chi connectivity index (χ1n) is 6.47. The molecule has 1 aromatic carbocycles. The minimum Gasteiger partial charge on any atom is -0.468 e. The molecule has 0 spiro atoms. The Morgan fingerprint density at radius 3 is 2.95 bits per heavy atom. The van der Waals surface area contributed by atoms with E-state index in [1.165, 1.54) is 17.6 Å². The van der Waals surface area contributed by atoms with Crippen molar-refractivity contribution in [2.24, 2.45) is 0 Å². The van der Waals surface area contributed by atoms with Crippen molar-refractivity contribution in [2.45, 2.75) is 19.5 Å². The van der Waals surface area contributed by atoms with Crippen LogP contribution in [0, 0.1) is 0 Å². The lowest BCUT2D eigenvalue weighted by atomic mass is 9.95. The van der Waals surface area contributed by atoms with Crippen LogP contribution in [-0.4, -0.2) is 42.3 Å². The summed E-state index contributed by atoms with van der Waals surface area (Å²) in [5.41, 5.74) is 3.25. The summed E-state index contributed by atoms with van der Waals surface area (Å²) in [6.45, 7) is 1.59. The molecule has 1 aliphatic heterocycles. The molecule has 6 heteroatoms. The molecule has 0 fully saturated rings. The lowest BCUT2D eigenvalue weighted by Crippen LogP contribution is -2.35. The van der Waals surface area contributed by atoms with Gasteiger partial charge < -0.3 is 20.1 Å². The molecule has 6 nitrogen and oxygen atoms in total. The molecular formula is C14H18N2O4. The summed E-state index contributed by atoms with van der Waals surface area (Å²) in [4.78, 5) is 23.5. The Bertz CT molecular complexity index is 516. The third-order valence-electron chi connectivity index (χ3n) is 3.45. The average molecular weight is 278 g/mol. The Morgan fingerprint density at radius 1 is 1.45 bits per heavy atom. The van der Waals surface area contributed by atoms with Crippen LogP contribution < -0.4 is 5.32 Å². The van der Waals surface area contributed by atoms with Crippen LogP contribution >= 0.6 is 0 Å². The van der Waals surface area contributed by atoms with Crippen LogP contribution in [0.25, 0.3) is 0 Å². The number of amides is 1. The number of carbonyl (C=O) groups is 2. The number of carbonyl (C=O) groups excluding carboxylic acids is 1. The third-order valence-corrected chi connectivity index (χ3v) is 3.45. The minimum absolute atomic E-state index is 0.142. The van der Waals surface area contributed by atoms with E-state index in [-0.39, 0.29) is 12.5 Å². The molecule has 0 atom stereocenters. The number of ether oxygens (including phenoxy) is 1. The number of nitrogens with one attached hydrogen (secondary N) is 1. The van der Waals surface area contributed by atoms with E-state index < -0.39 is 6.09 Å². The summed E-state index contributed by atoms with van der Waals surface area (Å²) in [5.74, 6) is -0.318. The normalized spacial score (nSPS) is 13.8. The molecule has 0 unspecified atom stereocenters. The second-order valence-corrected chi connectivity index (χ2v) is 4.69. The van der Waals surface area contributed by atoms with Crippen LogP contribution in [0.3, 0.4) is 0 Å². The summed E-state index contributed by atoms with van der Waals surface area (Å²) in [5, 5.41) is 12.1. The van der Waals surface area contributed by atoms with E-state index in [1.54, 1.807) is 0 Å². The highest BCUT2D eigenvalue weighted by atomic mass is 16.5. The van der Waals surface area contributed by atoms with Crippen molar-refractivity contribution in [3.63, 3.8) is 0 Å². The van der Waals surface area contributed by atoms with Crippen LogP contribution in [-0.2, 0) is 29.0 Å². The van der Waals surface area contributed by atoms with E-state index in [2.05, 4.69) is 10.1 Å². The van der Waals surface area contributed by atoms with Gasteiger partial charge in [0, 0.05) is 19.6 Å². The second kappa shape index (κ2) is 6.38. The fourth-order valence-corrected chi connectivity index (χ4v) is 2.35. The van der Waals surface area contributed by atoms with Gasteiger partial charge in [-0.2, -0.15) is 0 Å². The fourth-order valence-electron chi connectivity index (χ4n) is 2.35. The number of hydrogen-bond acceptors (Lipinski definition) is 4. The van der Waals surface area contributed by atoms with Gasteiger partial charge in [0.05, 0.1) is 13.7 Å². The van der Waals surface area contributed by atoms with Gasteiger partial charge in [0.2, 0.25) is 0 Å². The summed E-state index contributed by atoms with van der Waals surface area (Å²) in [6, 6.07) is 5.94. The van der Waals surface area contributed by atoms with Crippen LogP contribution in [0.15, 0.2) is 18.2 Å². The lowest BCUT2D eigenvalue weighted by Gasteiger charge is -2.28. The molecule has 0 aliphatic carbocycles. The number of benzene rings is 1. The monoisotopic (exact) mass is 278 g/mol. The van der Waals surface area contributed by atoms with Gasteiger partial charge in [0.15, 0.2) is 0 Å². The molecule has 0 bridgehead atoms. The van der Waals surface area contributed by atoms with Crippen LogP contribution in [0.2, 0.25) is 0 Å². The predicted molar refractivity (Wildman–Crippen MR) is 72.3 cm³/mol. The maximum absolute atomic E-state index is 11.1. The quantitative estimate of drug-likeness (QED) is 0.803. The highest BCUT2D eigenvalue weighted by Crippen LogP contribution is 2.22. The van der Waals surface area contributed by atoms with E-state index in [0.29, 0.717) is 19.6 Å².